The molecule has 0 spiro atoms. The highest BCUT2D eigenvalue weighted by Gasteiger charge is 2.13. The standard InChI is InChI=1S/C11H19N5O/c1-7(2)15-9(17)5-16(4)11-8(3)10(12)13-6-14-11/h6-7H,5H2,1-4H3,(H,15,17)(H2,12,13,14). The van der Waals surface area contributed by atoms with Gasteiger partial charge in [0.05, 0.1) is 6.54 Å². The number of nitrogens with two attached hydrogens (primary N) is 1. The Hall–Kier alpha value is -1.85. The minimum Gasteiger partial charge on any atom is -0.383 e. The Bertz CT molecular complexity index is 405. The van der Waals surface area contributed by atoms with Crippen molar-refractivity contribution in [1.29, 1.82) is 0 Å². The zero-order valence-corrected chi connectivity index (χ0v) is 10.7. The van der Waals surface area contributed by atoms with Crippen molar-refractivity contribution >= 4 is 17.5 Å². The van der Waals surface area contributed by atoms with Gasteiger partial charge in [0, 0.05) is 18.7 Å². The highest BCUT2D eigenvalue weighted by Crippen LogP contribution is 2.18. The van der Waals surface area contributed by atoms with E-state index in [2.05, 4.69) is 15.3 Å². The van der Waals surface area contributed by atoms with Crippen LogP contribution in [0.5, 0.6) is 0 Å². The maximum Gasteiger partial charge on any atom is 0.239 e. The summed E-state index contributed by atoms with van der Waals surface area (Å²) in [5.74, 6) is 1.07. The first-order valence-electron chi connectivity index (χ1n) is 5.49. The third-order valence-electron chi connectivity index (χ3n) is 2.29. The molecule has 1 rings (SSSR count). The van der Waals surface area contributed by atoms with Crippen molar-refractivity contribution in [2.75, 3.05) is 24.2 Å². The van der Waals surface area contributed by atoms with Crippen LogP contribution < -0.4 is 16.0 Å². The SMILES string of the molecule is Cc1c(N)ncnc1N(C)CC(=O)NC(C)C. The number of nitrogen functional groups attached to an aromatic ring is 1. The van der Waals surface area contributed by atoms with Gasteiger partial charge in [0.1, 0.15) is 18.0 Å². The summed E-state index contributed by atoms with van der Waals surface area (Å²) < 4.78 is 0. The van der Waals surface area contributed by atoms with Crippen LogP contribution in [0.25, 0.3) is 0 Å². The third kappa shape index (κ3) is 3.58. The molecule has 0 aliphatic heterocycles. The van der Waals surface area contributed by atoms with Crippen LogP contribution in [0.3, 0.4) is 0 Å². The van der Waals surface area contributed by atoms with Crippen molar-refractivity contribution in [3.8, 4) is 0 Å². The zero-order valence-electron chi connectivity index (χ0n) is 10.7. The summed E-state index contributed by atoms with van der Waals surface area (Å²) in [6.07, 6.45) is 1.40. The van der Waals surface area contributed by atoms with Gasteiger partial charge in [-0.2, -0.15) is 0 Å². The first kappa shape index (κ1) is 13.2. The molecule has 0 saturated heterocycles. The van der Waals surface area contributed by atoms with Gasteiger partial charge in [-0.1, -0.05) is 0 Å². The summed E-state index contributed by atoms with van der Waals surface area (Å²) in [4.78, 5) is 21.4. The molecule has 0 atom stereocenters. The maximum atomic E-state index is 11.6. The number of likely N-dealkylation sites (N-methyl/N-ethyl adjacent to an activating group) is 1. The molecule has 1 heterocycles. The van der Waals surface area contributed by atoms with E-state index in [9.17, 15) is 4.79 Å². The van der Waals surface area contributed by atoms with Gasteiger partial charge in [-0.15, -0.1) is 0 Å². The largest absolute Gasteiger partial charge is 0.383 e. The van der Waals surface area contributed by atoms with Crippen molar-refractivity contribution in [2.45, 2.75) is 26.8 Å². The molecule has 94 valence electrons. The molecule has 0 aliphatic carbocycles. The number of aromatic nitrogens is 2. The smallest absolute Gasteiger partial charge is 0.239 e. The minimum absolute atomic E-state index is 0.0425. The first-order chi connectivity index (χ1) is 7.91. The quantitative estimate of drug-likeness (QED) is 0.788. The van der Waals surface area contributed by atoms with E-state index in [-0.39, 0.29) is 18.5 Å². The van der Waals surface area contributed by atoms with Crippen molar-refractivity contribution in [3.63, 3.8) is 0 Å². The molecule has 0 radical (unpaired) electrons. The average molecular weight is 237 g/mol. The number of nitrogens with zero attached hydrogens (tertiary/aromatic N) is 3. The second-order valence-corrected chi connectivity index (χ2v) is 4.29. The number of hydrogen-bond donors (Lipinski definition) is 2. The van der Waals surface area contributed by atoms with Gasteiger partial charge in [-0.25, -0.2) is 9.97 Å². The molecule has 0 aliphatic rings. The lowest BCUT2D eigenvalue weighted by molar-refractivity contribution is -0.120. The Morgan fingerprint density at radius 1 is 1.53 bits per heavy atom. The van der Waals surface area contributed by atoms with Gasteiger partial charge in [-0.3, -0.25) is 4.79 Å². The number of rotatable bonds is 4. The molecule has 1 aromatic rings. The van der Waals surface area contributed by atoms with Gasteiger partial charge >= 0.3 is 0 Å². The van der Waals surface area contributed by atoms with Crippen LogP contribution in [0.15, 0.2) is 6.33 Å². The molecule has 6 nitrogen and oxygen atoms in total. The van der Waals surface area contributed by atoms with E-state index in [0.29, 0.717) is 11.6 Å². The van der Waals surface area contributed by atoms with Crippen molar-refractivity contribution in [2.24, 2.45) is 0 Å². The number of carbonyl (C=O) groups is 1. The van der Waals surface area contributed by atoms with Gasteiger partial charge in [0.25, 0.3) is 0 Å². The van der Waals surface area contributed by atoms with E-state index in [0.717, 1.165) is 5.56 Å². The summed E-state index contributed by atoms with van der Waals surface area (Å²) in [5.41, 5.74) is 6.48. The van der Waals surface area contributed by atoms with Crippen molar-refractivity contribution < 1.29 is 4.79 Å². The fourth-order valence-electron chi connectivity index (χ4n) is 1.50. The van der Waals surface area contributed by atoms with Crippen LogP contribution in [0.4, 0.5) is 11.6 Å². The Labute approximate surface area is 101 Å². The zero-order chi connectivity index (χ0) is 13.0. The van der Waals surface area contributed by atoms with Crippen molar-refractivity contribution in [3.05, 3.63) is 11.9 Å². The maximum absolute atomic E-state index is 11.6. The molecule has 3 N–H and O–H groups in total. The molecule has 0 unspecified atom stereocenters. The predicted octanol–water partition coefficient (Wildman–Crippen LogP) is 0.328. The first-order valence-corrected chi connectivity index (χ1v) is 5.49. The van der Waals surface area contributed by atoms with Crippen molar-refractivity contribution in [1.82, 2.24) is 15.3 Å². The van der Waals surface area contributed by atoms with Gasteiger partial charge in [-0.05, 0) is 20.8 Å². The Balaban J connectivity index is 2.73. The van der Waals surface area contributed by atoms with E-state index in [1.165, 1.54) is 6.33 Å². The molecule has 1 amide bonds. The molecule has 6 heteroatoms. The molecule has 1 aromatic heterocycles. The van der Waals surface area contributed by atoms with Crippen LogP contribution in [0.2, 0.25) is 0 Å². The van der Waals surface area contributed by atoms with E-state index < -0.39 is 0 Å². The number of amides is 1. The molecule has 0 aromatic carbocycles. The number of anilines is 2. The van der Waals surface area contributed by atoms with Crippen LogP contribution in [-0.4, -0.2) is 35.5 Å². The molecule has 0 fully saturated rings. The highest BCUT2D eigenvalue weighted by molar-refractivity contribution is 5.81. The highest BCUT2D eigenvalue weighted by atomic mass is 16.2. The van der Waals surface area contributed by atoms with Crippen LogP contribution in [-0.2, 0) is 4.79 Å². The lowest BCUT2D eigenvalue weighted by Gasteiger charge is -2.20. The molecular weight excluding hydrogens is 218 g/mol. The number of carbonyl (C=O) groups excluding carboxylic acids is 1. The summed E-state index contributed by atoms with van der Waals surface area (Å²) in [6, 6.07) is 0.132. The lowest BCUT2D eigenvalue weighted by atomic mass is 10.3. The van der Waals surface area contributed by atoms with Crippen LogP contribution in [0, 0.1) is 6.92 Å². The predicted molar refractivity (Wildman–Crippen MR) is 67.7 cm³/mol. The minimum atomic E-state index is -0.0425. The third-order valence-corrected chi connectivity index (χ3v) is 2.29. The monoisotopic (exact) mass is 237 g/mol. The summed E-state index contributed by atoms with van der Waals surface area (Å²) in [7, 11) is 1.80. The van der Waals surface area contributed by atoms with Gasteiger partial charge in [0.15, 0.2) is 0 Å². The number of hydrogen-bond acceptors (Lipinski definition) is 5. The van der Waals surface area contributed by atoms with Crippen LogP contribution >= 0.6 is 0 Å². The second-order valence-electron chi connectivity index (χ2n) is 4.29. The normalized spacial score (nSPS) is 10.4. The summed E-state index contributed by atoms with van der Waals surface area (Å²) >= 11 is 0. The lowest BCUT2D eigenvalue weighted by Crippen LogP contribution is -2.39. The topological polar surface area (TPSA) is 84.1 Å². The Kier molecular flexibility index (Phi) is 4.25. The molecular formula is C11H19N5O. The fraction of sp³-hybridized carbons (Fsp3) is 0.545. The Morgan fingerprint density at radius 3 is 2.76 bits per heavy atom. The van der Waals surface area contributed by atoms with E-state index in [4.69, 9.17) is 5.73 Å². The second kappa shape index (κ2) is 5.47. The van der Waals surface area contributed by atoms with Crippen LogP contribution in [0.1, 0.15) is 19.4 Å². The van der Waals surface area contributed by atoms with E-state index in [1.54, 1.807) is 11.9 Å². The number of nitrogens with one attached hydrogen (secondary N) is 1. The summed E-state index contributed by atoms with van der Waals surface area (Å²) in [5, 5.41) is 2.82. The fourth-order valence-corrected chi connectivity index (χ4v) is 1.50. The van der Waals surface area contributed by atoms with Gasteiger partial charge in [0.2, 0.25) is 5.91 Å². The van der Waals surface area contributed by atoms with E-state index in [1.807, 2.05) is 20.8 Å². The molecule has 0 saturated carbocycles. The Morgan fingerprint density at radius 2 is 2.18 bits per heavy atom. The van der Waals surface area contributed by atoms with Gasteiger partial charge < -0.3 is 16.0 Å². The molecule has 17 heavy (non-hydrogen) atoms. The average Bonchev–Trinajstić information content (AvgIpc) is 2.20. The summed E-state index contributed by atoms with van der Waals surface area (Å²) in [6.45, 7) is 5.93. The van der Waals surface area contributed by atoms with E-state index >= 15 is 0 Å². The molecule has 0 bridgehead atoms.